The van der Waals surface area contributed by atoms with Crippen molar-refractivity contribution in [1.82, 2.24) is 0 Å². The third-order valence-corrected chi connectivity index (χ3v) is 3.88. The van der Waals surface area contributed by atoms with E-state index in [2.05, 4.69) is 33.4 Å². The Bertz CT molecular complexity index is 771. The van der Waals surface area contributed by atoms with E-state index in [4.69, 9.17) is 5.26 Å². The Balaban J connectivity index is 2.16. The van der Waals surface area contributed by atoms with Crippen LogP contribution in [0.5, 0.6) is 0 Å². The minimum atomic E-state index is 0.0169. The molecule has 0 aliphatic carbocycles. The smallest absolute Gasteiger partial charge is 0.167 e. The molecule has 0 aliphatic rings. The number of ketones is 1. The molecular weight excluding hydrogens is 282 g/mol. The van der Waals surface area contributed by atoms with E-state index in [1.165, 1.54) is 5.56 Å². The summed E-state index contributed by atoms with van der Waals surface area (Å²) < 4.78 is 0. The van der Waals surface area contributed by atoms with Gasteiger partial charge in [-0.3, -0.25) is 4.79 Å². The Kier molecular flexibility index (Phi) is 4.81. The van der Waals surface area contributed by atoms with Gasteiger partial charge in [0.2, 0.25) is 0 Å². The van der Waals surface area contributed by atoms with E-state index in [9.17, 15) is 4.79 Å². The van der Waals surface area contributed by atoms with Crippen molar-refractivity contribution in [2.24, 2.45) is 0 Å². The van der Waals surface area contributed by atoms with Crippen molar-refractivity contribution >= 4 is 11.4 Å². The van der Waals surface area contributed by atoms with Gasteiger partial charge in [-0.2, -0.15) is 5.26 Å². The third kappa shape index (κ3) is 3.96. The van der Waals surface area contributed by atoms with Gasteiger partial charge in [0.15, 0.2) is 5.78 Å². The Morgan fingerprint density at radius 1 is 1.09 bits per heavy atom. The molecule has 0 amide bonds. The van der Waals surface area contributed by atoms with Crippen LogP contribution >= 0.6 is 0 Å². The lowest BCUT2D eigenvalue weighted by atomic mass is 9.86. The molecule has 0 atom stereocenters. The predicted molar refractivity (Wildman–Crippen MR) is 94.3 cm³/mol. The van der Waals surface area contributed by atoms with Crippen molar-refractivity contribution in [3.05, 3.63) is 77.4 Å². The van der Waals surface area contributed by atoms with Crippen molar-refractivity contribution in [3.8, 4) is 6.07 Å². The van der Waals surface area contributed by atoms with Gasteiger partial charge in [0.1, 0.15) is 0 Å². The molecule has 2 aromatic carbocycles. The molecule has 2 heteroatoms. The van der Waals surface area contributed by atoms with Gasteiger partial charge in [-0.05, 0) is 28.2 Å². The second-order valence-corrected chi connectivity index (χ2v) is 6.69. The van der Waals surface area contributed by atoms with E-state index < -0.39 is 0 Å². The average molecular weight is 303 g/mol. The molecular formula is C21H21NO. The number of hydrogen-bond donors (Lipinski definition) is 0. The number of nitrogens with zero attached hydrogens (tertiary/aromatic N) is 1. The Hall–Kier alpha value is -2.66. The largest absolute Gasteiger partial charge is 0.294 e. The van der Waals surface area contributed by atoms with Gasteiger partial charge in [-0.15, -0.1) is 0 Å². The van der Waals surface area contributed by atoms with Crippen LogP contribution in [-0.4, -0.2) is 5.78 Å². The monoisotopic (exact) mass is 303 g/mol. The molecule has 0 unspecified atom stereocenters. The van der Waals surface area contributed by atoms with Gasteiger partial charge in [0.05, 0.1) is 11.6 Å². The highest BCUT2D eigenvalue weighted by Gasteiger charge is 2.15. The van der Waals surface area contributed by atoms with Gasteiger partial charge in [0, 0.05) is 12.0 Å². The van der Waals surface area contributed by atoms with Crippen LogP contribution in [0.2, 0.25) is 0 Å². The fraction of sp³-hybridized carbons (Fsp3) is 0.238. The summed E-state index contributed by atoms with van der Waals surface area (Å²) in [6, 6.07) is 17.1. The number of Topliss-reactive ketones (excluding diaryl/α,β-unsaturated/α-hetero) is 1. The van der Waals surface area contributed by atoms with Crippen molar-refractivity contribution in [3.63, 3.8) is 0 Å². The molecule has 116 valence electrons. The summed E-state index contributed by atoms with van der Waals surface area (Å²) in [6.45, 7) is 10.4. The average Bonchev–Trinajstić information content (AvgIpc) is 2.54. The first-order valence-corrected chi connectivity index (χ1v) is 7.64. The van der Waals surface area contributed by atoms with Crippen LogP contribution in [0.4, 0.5) is 0 Å². The van der Waals surface area contributed by atoms with Gasteiger partial charge in [-0.1, -0.05) is 69.8 Å². The van der Waals surface area contributed by atoms with Crippen LogP contribution in [0.1, 0.15) is 54.2 Å². The second-order valence-electron chi connectivity index (χ2n) is 6.69. The standard InChI is InChI=1S/C21H21NO/c1-15(19-8-6-5-7-17(19)14-22)13-20(23)16-9-11-18(12-10-16)21(2,3)4/h5-12H,1,13H2,2-4H3. The first-order valence-electron chi connectivity index (χ1n) is 7.64. The lowest BCUT2D eigenvalue weighted by Gasteiger charge is -2.19. The highest BCUT2D eigenvalue weighted by Crippen LogP contribution is 2.25. The zero-order valence-electron chi connectivity index (χ0n) is 13.9. The first kappa shape index (κ1) is 16.7. The molecule has 0 aliphatic heterocycles. The Labute approximate surface area is 138 Å². The van der Waals surface area contributed by atoms with Gasteiger partial charge in [0.25, 0.3) is 0 Å². The summed E-state index contributed by atoms with van der Waals surface area (Å²) >= 11 is 0. The van der Waals surface area contributed by atoms with Crippen LogP contribution in [-0.2, 0) is 5.41 Å². The highest BCUT2D eigenvalue weighted by molar-refractivity contribution is 6.02. The molecule has 0 N–H and O–H groups in total. The molecule has 0 saturated heterocycles. The maximum Gasteiger partial charge on any atom is 0.167 e. The molecule has 0 spiro atoms. The van der Waals surface area contributed by atoms with E-state index in [-0.39, 0.29) is 17.6 Å². The van der Waals surface area contributed by atoms with E-state index in [1.807, 2.05) is 42.5 Å². The summed E-state index contributed by atoms with van der Waals surface area (Å²) in [5.74, 6) is 0.0169. The van der Waals surface area contributed by atoms with Crippen LogP contribution < -0.4 is 0 Å². The molecule has 2 nitrogen and oxygen atoms in total. The van der Waals surface area contributed by atoms with E-state index in [0.29, 0.717) is 16.7 Å². The minimum Gasteiger partial charge on any atom is -0.294 e. The fourth-order valence-electron chi connectivity index (χ4n) is 2.44. The second kappa shape index (κ2) is 6.62. The van der Waals surface area contributed by atoms with Crippen LogP contribution in [0.25, 0.3) is 5.57 Å². The quantitative estimate of drug-likeness (QED) is 0.734. The zero-order chi connectivity index (χ0) is 17.0. The number of allylic oxidation sites excluding steroid dienone is 1. The van der Waals surface area contributed by atoms with Crippen molar-refractivity contribution in [2.45, 2.75) is 32.6 Å². The summed E-state index contributed by atoms with van der Waals surface area (Å²) in [6.07, 6.45) is 0.216. The Morgan fingerprint density at radius 3 is 2.26 bits per heavy atom. The molecule has 0 aromatic heterocycles. The minimum absolute atomic E-state index is 0.0169. The number of benzene rings is 2. The summed E-state index contributed by atoms with van der Waals surface area (Å²) in [4.78, 5) is 12.4. The van der Waals surface area contributed by atoms with E-state index in [1.54, 1.807) is 6.07 Å². The summed E-state index contributed by atoms with van der Waals surface area (Å²) in [7, 11) is 0. The third-order valence-electron chi connectivity index (χ3n) is 3.88. The van der Waals surface area contributed by atoms with Crippen LogP contribution in [0, 0.1) is 11.3 Å². The highest BCUT2D eigenvalue weighted by atomic mass is 16.1. The van der Waals surface area contributed by atoms with E-state index in [0.717, 1.165) is 5.56 Å². The summed E-state index contributed by atoms with van der Waals surface area (Å²) in [5.41, 5.74) is 3.91. The van der Waals surface area contributed by atoms with E-state index >= 15 is 0 Å². The molecule has 2 aromatic rings. The maximum absolute atomic E-state index is 12.4. The number of rotatable bonds is 4. The normalized spacial score (nSPS) is 10.9. The molecule has 0 fully saturated rings. The molecule has 0 saturated carbocycles. The number of carbonyl (C=O) groups excluding carboxylic acids is 1. The van der Waals surface area contributed by atoms with Crippen molar-refractivity contribution in [1.29, 1.82) is 5.26 Å². The first-order chi connectivity index (χ1) is 10.8. The lowest BCUT2D eigenvalue weighted by Crippen LogP contribution is -2.11. The maximum atomic E-state index is 12.4. The Morgan fingerprint density at radius 2 is 1.70 bits per heavy atom. The van der Waals surface area contributed by atoms with Crippen LogP contribution in [0.15, 0.2) is 55.1 Å². The fourth-order valence-corrected chi connectivity index (χ4v) is 2.44. The topological polar surface area (TPSA) is 40.9 Å². The number of carbonyl (C=O) groups is 1. The number of nitriles is 1. The molecule has 23 heavy (non-hydrogen) atoms. The molecule has 0 heterocycles. The van der Waals surface area contributed by atoms with Crippen molar-refractivity contribution in [2.75, 3.05) is 0 Å². The van der Waals surface area contributed by atoms with Crippen molar-refractivity contribution < 1.29 is 4.79 Å². The van der Waals surface area contributed by atoms with Gasteiger partial charge in [-0.25, -0.2) is 0 Å². The zero-order valence-corrected chi connectivity index (χ0v) is 13.9. The predicted octanol–water partition coefficient (Wildman–Crippen LogP) is 5.14. The number of hydrogen-bond acceptors (Lipinski definition) is 2. The SMILES string of the molecule is C=C(CC(=O)c1ccc(C(C)(C)C)cc1)c1ccccc1C#N. The van der Waals surface area contributed by atoms with Gasteiger partial charge >= 0.3 is 0 Å². The van der Waals surface area contributed by atoms with Crippen LogP contribution in [0.3, 0.4) is 0 Å². The van der Waals surface area contributed by atoms with Gasteiger partial charge < -0.3 is 0 Å². The molecule has 0 radical (unpaired) electrons. The molecule has 2 rings (SSSR count). The lowest BCUT2D eigenvalue weighted by molar-refractivity contribution is 0.0998. The molecule has 0 bridgehead atoms. The summed E-state index contributed by atoms with van der Waals surface area (Å²) in [5, 5.41) is 9.15.